The average molecular weight is 339 g/mol. The number of rotatable bonds is 5. The molecule has 0 aliphatic heterocycles. The Balaban J connectivity index is 2.02. The Morgan fingerprint density at radius 2 is 2.15 bits per heavy atom. The van der Waals surface area contributed by atoms with Crippen LogP contribution in [0.15, 0.2) is 41.0 Å². The minimum absolute atomic E-state index is 0.0812. The minimum Gasteiger partial charge on any atom is -0.481 e. The largest absolute Gasteiger partial charge is 0.481 e. The number of hydrogen-bond donors (Lipinski definition) is 1. The van der Waals surface area contributed by atoms with E-state index in [1.165, 1.54) is 6.07 Å². The lowest BCUT2D eigenvalue weighted by atomic mass is 10.1. The highest BCUT2D eigenvalue weighted by Gasteiger charge is 2.10. The van der Waals surface area contributed by atoms with Crippen LogP contribution >= 0.6 is 15.9 Å². The summed E-state index contributed by atoms with van der Waals surface area (Å²) in [6.45, 7) is 2.56. The van der Waals surface area contributed by atoms with Crippen molar-refractivity contribution in [3.63, 3.8) is 0 Å². The van der Waals surface area contributed by atoms with Gasteiger partial charge in [0.25, 0.3) is 0 Å². The van der Waals surface area contributed by atoms with Gasteiger partial charge in [0.2, 0.25) is 5.88 Å². The van der Waals surface area contributed by atoms with E-state index in [0.717, 1.165) is 10.0 Å². The van der Waals surface area contributed by atoms with Gasteiger partial charge in [0.1, 0.15) is 5.82 Å². The fourth-order valence-electron chi connectivity index (χ4n) is 1.91. The van der Waals surface area contributed by atoms with E-state index >= 15 is 0 Å². The third kappa shape index (κ3) is 3.77. The van der Waals surface area contributed by atoms with Crippen LogP contribution in [0.25, 0.3) is 0 Å². The molecule has 0 radical (unpaired) electrons. The summed E-state index contributed by atoms with van der Waals surface area (Å²) in [4.78, 5) is 4.05. The predicted molar refractivity (Wildman–Crippen MR) is 80.1 cm³/mol. The fraction of sp³-hybridized carbons (Fsp3) is 0.267. The van der Waals surface area contributed by atoms with Crippen molar-refractivity contribution >= 4 is 15.9 Å². The molecule has 0 spiro atoms. The van der Waals surface area contributed by atoms with Crippen LogP contribution in [-0.2, 0) is 6.54 Å². The second-order valence-electron chi connectivity index (χ2n) is 4.47. The number of hydrogen-bond acceptors (Lipinski definition) is 3. The Hall–Kier alpha value is -1.46. The predicted octanol–water partition coefficient (Wildman–Crippen LogP) is 3.84. The zero-order valence-corrected chi connectivity index (χ0v) is 12.9. The number of pyridine rings is 1. The second kappa shape index (κ2) is 6.81. The summed E-state index contributed by atoms with van der Waals surface area (Å²) in [6.07, 6.45) is 1.70. The Labute approximate surface area is 126 Å². The summed E-state index contributed by atoms with van der Waals surface area (Å²) < 4.78 is 19.7. The summed E-state index contributed by atoms with van der Waals surface area (Å²) in [5.41, 5.74) is 1.69. The van der Waals surface area contributed by atoms with Gasteiger partial charge < -0.3 is 10.1 Å². The summed E-state index contributed by atoms with van der Waals surface area (Å²) in [5, 5.41) is 3.29. The van der Waals surface area contributed by atoms with Crippen molar-refractivity contribution in [3.8, 4) is 5.88 Å². The van der Waals surface area contributed by atoms with Crippen molar-refractivity contribution in [2.24, 2.45) is 0 Å². The number of ether oxygens (including phenoxy) is 1. The topological polar surface area (TPSA) is 34.1 Å². The fourth-order valence-corrected chi connectivity index (χ4v) is 2.24. The SMILES string of the molecule is COc1cc(CNC(C)c2ccc(Br)cc2F)ccn1. The molecule has 3 nitrogen and oxygen atoms in total. The summed E-state index contributed by atoms with van der Waals surface area (Å²) in [5.74, 6) is 0.360. The Kier molecular flexibility index (Phi) is 5.09. The van der Waals surface area contributed by atoms with Gasteiger partial charge in [-0.2, -0.15) is 0 Å². The smallest absolute Gasteiger partial charge is 0.213 e. The first-order valence-corrected chi connectivity index (χ1v) is 7.06. The minimum atomic E-state index is -0.216. The monoisotopic (exact) mass is 338 g/mol. The number of nitrogens with zero attached hydrogens (tertiary/aromatic N) is 1. The number of benzene rings is 1. The van der Waals surface area contributed by atoms with Crippen molar-refractivity contribution < 1.29 is 9.13 Å². The van der Waals surface area contributed by atoms with E-state index in [1.54, 1.807) is 19.4 Å². The molecule has 0 fully saturated rings. The maximum atomic E-state index is 13.8. The lowest BCUT2D eigenvalue weighted by molar-refractivity contribution is 0.397. The summed E-state index contributed by atoms with van der Waals surface area (Å²) in [6, 6.07) is 8.78. The molecule has 1 aromatic heterocycles. The van der Waals surface area contributed by atoms with Crippen LogP contribution in [0, 0.1) is 5.82 Å². The van der Waals surface area contributed by atoms with Crippen LogP contribution in [0.4, 0.5) is 4.39 Å². The molecule has 1 heterocycles. The first kappa shape index (κ1) is 14.9. The molecule has 1 aromatic carbocycles. The zero-order valence-electron chi connectivity index (χ0n) is 11.4. The third-order valence-electron chi connectivity index (χ3n) is 3.05. The van der Waals surface area contributed by atoms with Crippen LogP contribution in [-0.4, -0.2) is 12.1 Å². The highest BCUT2D eigenvalue weighted by atomic mass is 79.9. The first-order chi connectivity index (χ1) is 9.60. The zero-order chi connectivity index (χ0) is 14.5. The maximum absolute atomic E-state index is 13.8. The molecule has 0 amide bonds. The summed E-state index contributed by atoms with van der Waals surface area (Å²) >= 11 is 3.26. The van der Waals surface area contributed by atoms with Gasteiger partial charge in [-0.05, 0) is 30.7 Å². The molecular formula is C15H16BrFN2O. The lowest BCUT2D eigenvalue weighted by Gasteiger charge is -2.15. The molecule has 1 unspecified atom stereocenters. The Morgan fingerprint density at radius 1 is 1.35 bits per heavy atom. The van der Waals surface area contributed by atoms with Gasteiger partial charge in [0.15, 0.2) is 0 Å². The highest BCUT2D eigenvalue weighted by molar-refractivity contribution is 9.10. The van der Waals surface area contributed by atoms with E-state index in [1.807, 2.05) is 25.1 Å². The van der Waals surface area contributed by atoms with Gasteiger partial charge in [0, 0.05) is 34.9 Å². The van der Waals surface area contributed by atoms with E-state index in [2.05, 4.69) is 26.2 Å². The van der Waals surface area contributed by atoms with Gasteiger partial charge in [-0.15, -0.1) is 0 Å². The van der Waals surface area contributed by atoms with E-state index in [0.29, 0.717) is 18.0 Å². The number of nitrogens with one attached hydrogen (secondary N) is 1. The van der Waals surface area contributed by atoms with Gasteiger partial charge in [0.05, 0.1) is 7.11 Å². The van der Waals surface area contributed by atoms with Gasteiger partial charge in [-0.1, -0.05) is 22.0 Å². The normalized spacial score (nSPS) is 12.2. The molecule has 0 aliphatic carbocycles. The molecule has 1 N–H and O–H groups in total. The van der Waals surface area contributed by atoms with Crippen molar-refractivity contribution in [1.29, 1.82) is 0 Å². The highest BCUT2D eigenvalue weighted by Crippen LogP contribution is 2.21. The molecule has 0 saturated heterocycles. The van der Waals surface area contributed by atoms with E-state index in [-0.39, 0.29) is 11.9 Å². The third-order valence-corrected chi connectivity index (χ3v) is 3.54. The van der Waals surface area contributed by atoms with Crippen LogP contribution in [0.5, 0.6) is 5.88 Å². The van der Waals surface area contributed by atoms with Crippen LogP contribution in [0.3, 0.4) is 0 Å². The van der Waals surface area contributed by atoms with Crippen LogP contribution in [0.1, 0.15) is 24.1 Å². The molecule has 106 valence electrons. The van der Waals surface area contributed by atoms with Crippen LogP contribution in [0.2, 0.25) is 0 Å². The number of halogens is 2. The second-order valence-corrected chi connectivity index (χ2v) is 5.39. The molecule has 2 rings (SSSR count). The van der Waals surface area contributed by atoms with E-state index < -0.39 is 0 Å². The Bertz CT molecular complexity index is 592. The van der Waals surface area contributed by atoms with Gasteiger partial charge in [-0.3, -0.25) is 0 Å². The van der Waals surface area contributed by atoms with Crippen molar-refractivity contribution in [2.75, 3.05) is 7.11 Å². The van der Waals surface area contributed by atoms with Gasteiger partial charge in [-0.25, -0.2) is 9.37 Å². The number of methoxy groups -OCH3 is 1. The average Bonchev–Trinajstić information content (AvgIpc) is 2.45. The van der Waals surface area contributed by atoms with Crippen molar-refractivity contribution in [3.05, 3.63) is 57.9 Å². The van der Waals surface area contributed by atoms with Crippen LogP contribution < -0.4 is 10.1 Å². The molecule has 0 saturated carbocycles. The van der Waals surface area contributed by atoms with Crippen molar-refractivity contribution in [1.82, 2.24) is 10.3 Å². The summed E-state index contributed by atoms with van der Waals surface area (Å²) in [7, 11) is 1.58. The Morgan fingerprint density at radius 3 is 2.85 bits per heavy atom. The first-order valence-electron chi connectivity index (χ1n) is 6.27. The molecule has 0 bridgehead atoms. The molecule has 0 aliphatic rings. The molecule has 20 heavy (non-hydrogen) atoms. The van der Waals surface area contributed by atoms with Crippen molar-refractivity contribution in [2.45, 2.75) is 19.5 Å². The molecule has 2 aromatic rings. The molecule has 5 heteroatoms. The van der Waals surface area contributed by atoms with Gasteiger partial charge >= 0.3 is 0 Å². The molecule has 1 atom stereocenters. The van der Waals surface area contributed by atoms with E-state index in [4.69, 9.17) is 4.74 Å². The van der Waals surface area contributed by atoms with E-state index in [9.17, 15) is 4.39 Å². The quantitative estimate of drug-likeness (QED) is 0.899. The maximum Gasteiger partial charge on any atom is 0.213 e. The lowest BCUT2D eigenvalue weighted by Crippen LogP contribution is -2.19. The standard InChI is InChI=1S/C15H16BrFN2O/c1-10(13-4-3-12(16)8-14(13)17)19-9-11-5-6-18-15(7-11)20-2/h3-8,10,19H,9H2,1-2H3. The number of aromatic nitrogens is 1. The molecular weight excluding hydrogens is 323 g/mol.